The second-order valence-electron chi connectivity index (χ2n) is 9.06. The molecule has 2 nitrogen and oxygen atoms in total. The summed E-state index contributed by atoms with van der Waals surface area (Å²) in [5, 5.41) is 0. The van der Waals surface area contributed by atoms with Crippen molar-refractivity contribution in [2.75, 3.05) is 0 Å². The van der Waals surface area contributed by atoms with Crippen molar-refractivity contribution in [2.24, 2.45) is 0 Å². The Morgan fingerprint density at radius 3 is 1.91 bits per heavy atom. The smallest absolute Gasteiger partial charge is 0.169 e. The number of hydrogen-bond donors (Lipinski definition) is 0. The van der Waals surface area contributed by atoms with Crippen molar-refractivity contribution in [3.05, 3.63) is 108 Å². The Balaban J connectivity index is 2.06. The Morgan fingerprint density at radius 2 is 1.36 bits per heavy atom. The van der Waals surface area contributed by atoms with Crippen molar-refractivity contribution < 1.29 is 9.18 Å². The van der Waals surface area contributed by atoms with Crippen LogP contribution in [-0.4, -0.2) is 10.4 Å². The van der Waals surface area contributed by atoms with Gasteiger partial charge in [0.05, 0.1) is 5.69 Å². The van der Waals surface area contributed by atoms with Crippen molar-refractivity contribution in [1.29, 1.82) is 0 Å². The van der Waals surface area contributed by atoms with Crippen molar-refractivity contribution in [3.63, 3.8) is 0 Å². The Morgan fingerprint density at radius 1 is 0.788 bits per heavy atom. The number of Topliss-reactive ketones (excluding diaryl/α,β-unsaturated/α-hetero) is 1. The van der Waals surface area contributed by atoms with Gasteiger partial charge >= 0.3 is 0 Å². The molecule has 0 N–H and O–H groups in total. The van der Waals surface area contributed by atoms with E-state index in [4.69, 9.17) is 0 Å². The van der Waals surface area contributed by atoms with Gasteiger partial charge in [0.25, 0.3) is 0 Å². The van der Waals surface area contributed by atoms with Crippen molar-refractivity contribution >= 4 is 5.78 Å². The second kappa shape index (κ2) is 9.58. The van der Waals surface area contributed by atoms with Crippen LogP contribution in [0.5, 0.6) is 0 Å². The number of nitrogens with zero attached hydrogens (tertiary/aromatic N) is 1. The summed E-state index contributed by atoms with van der Waals surface area (Å²) in [4.78, 5) is 13.9. The number of rotatable bonds is 7. The molecule has 0 atom stereocenters. The van der Waals surface area contributed by atoms with Gasteiger partial charge in [0.2, 0.25) is 0 Å². The van der Waals surface area contributed by atoms with Gasteiger partial charge in [0.15, 0.2) is 5.78 Å². The molecule has 1 heterocycles. The summed E-state index contributed by atoms with van der Waals surface area (Å²) >= 11 is 0. The highest BCUT2D eigenvalue weighted by molar-refractivity contribution is 6.08. The number of aromatic nitrogens is 1. The molecule has 0 fully saturated rings. The highest BCUT2D eigenvalue weighted by Crippen LogP contribution is 2.44. The largest absolute Gasteiger partial charge is 0.341 e. The van der Waals surface area contributed by atoms with Crippen molar-refractivity contribution in [2.45, 2.75) is 46.1 Å². The molecule has 0 saturated carbocycles. The first-order valence-electron chi connectivity index (χ1n) is 11.5. The average molecular weight is 440 g/mol. The third kappa shape index (κ3) is 4.54. The molecule has 0 amide bonds. The van der Waals surface area contributed by atoms with Crippen LogP contribution in [0.3, 0.4) is 0 Å². The highest BCUT2D eigenvalue weighted by Gasteiger charge is 2.31. The lowest BCUT2D eigenvalue weighted by Gasteiger charge is -2.20. The lowest BCUT2D eigenvalue weighted by molar-refractivity contribution is 0.0992. The van der Waals surface area contributed by atoms with Crippen molar-refractivity contribution in [1.82, 2.24) is 4.57 Å². The van der Waals surface area contributed by atoms with Crippen molar-refractivity contribution in [3.8, 4) is 22.4 Å². The topological polar surface area (TPSA) is 22.0 Å². The zero-order valence-electron chi connectivity index (χ0n) is 19.7. The van der Waals surface area contributed by atoms with Crippen LogP contribution in [0, 0.1) is 5.82 Å². The van der Waals surface area contributed by atoms with Gasteiger partial charge in [-0.3, -0.25) is 4.79 Å². The maximum atomic E-state index is 13.9. The van der Waals surface area contributed by atoms with E-state index in [0.717, 1.165) is 39.2 Å². The molecule has 168 valence electrons. The standard InChI is InChI=1S/C30H30FNO/c1-20(2)29-28(26(33)19-22-11-7-5-8-12-22)27(23-13-9-6-10-14-23)30(32(29)21(3)4)24-15-17-25(31)18-16-24/h5-18,20-21H,19H2,1-4H3. The second-order valence-corrected chi connectivity index (χ2v) is 9.06. The fourth-order valence-corrected chi connectivity index (χ4v) is 4.64. The summed E-state index contributed by atoms with van der Waals surface area (Å²) in [6.07, 6.45) is 0.339. The maximum absolute atomic E-state index is 13.9. The molecule has 3 aromatic carbocycles. The van der Waals surface area contributed by atoms with Gasteiger partial charge in [0, 0.05) is 29.3 Å². The number of halogens is 1. The van der Waals surface area contributed by atoms with E-state index in [2.05, 4.69) is 44.4 Å². The fraction of sp³-hybridized carbons (Fsp3) is 0.233. The van der Waals surface area contributed by atoms with Crippen LogP contribution in [0.25, 0.3) is 22.4 Å². The molecule has 4 aromatic rings. The summed E-state index contributed by atoms with van der Waals surface area (Å²) in [7, 11) is 0. The van der Waals surface area contributed by atoms with Crippen LogP contribution >= 0.6 is 0 Å². The number of hydrogen-bond acceptors (Lipinski definition) is 1. The average Bonchev–Trinajstić information content (AvgIpc) is 3.18. The van der Waals surface area contributed by atoms with E-state index in [0.29, 0.717) is 6.42 Å². The molecule has 1 aromatic heterocycles. The molecule has 0 aliphatic heterocycles. The molecule has 0 bridgehead atoms. The van der Waals surface area contributed by atoms with E-state index in [1.807, 2.05) is 60.7 Å². The lowest BCUT2D eigenvalue weighted by atomic mass is 9.90. The fourth-order valence-electron chi connectivity index (χ4n) is 4.64. The number of carbonyl (C=O) groups excluding carboxylic acids is 1. The summed E-state index contributed by atoms with van der Waals surface area (Å²) in [5.74, 6) is -0.0302. The van der Waals surface area contributed by atoms with Crippen LogP contribution in [0.1, 0.15) is 61.3 Å². The Kier molecular flexibility index (Phi) is 6.60. The first kappa shape index (κ1) is 22.7. The monoisotopic (exact) mass is 439 g/mol. The van der Waals surface area contributed by atoms with E-state index >= 15 is 0 Å². The SMILES string of the molecule is CC(C)c1c(C(=O)Cc2ccccc2)c(-c2ccccc2)c(-c2ccc(F)cc2)n1C(C)C. The summed E-state index contributed by atoms with van der Waals surface area (Å²) in [6.45, 7) is 8.55. The van der Waals surface area contributed by atoms with Crippen LogP contribution < -0.4 is 0 Å². The van der Waals surface area contributed by atoms with Gasteiger partial charge in [-0.25, -0.2) is 4.39 Å². The highest BCUT2D eigenvalue weighted by atomic mass is 19.1. The van der Waals surface area contributed by atoms with Gasteiger partial charge in [-0.1, -0.05) is 74.5 Å². The molecule has 4 rings (SSSR count). The first-order valence-corrected chi connectivity index (χ1v) is 11.5. The summed E-state index contributed by atoms with van der Waals surface area (Å²) in [5.41, 5.74) is 6.60. The summed E-state index contributed by atoms with van der Waals surface area (Å²) in [6, 6.07) is 26.7. The van der Waals surface area contributed by atoms with Gasteiger partial charge < -0.3 is 4.57 Å². The minimum absolute atomic E-state index is 0.103. The van der Waals surface area contributed by atoms with Crippen LogP contribution in [0.15, 0.2) is 84.9 Å². The zero-order valence-corrected chi connectivity index (χ0v) is 19.7. The van der Waals surface area contributed by atoms with E-state index in [1.54, 1.807) is 0 Å². The lowest BCUT2D eigenvalue weighted by Crippen LogP contribution is -2.13. The molecule has 33 heavy (non-hydrogen) atoms. The molecule has 3 heteroatoms. The molecular weight excluding hydrogens is 409 g/mol. The number of ketones is 1. The van der Waals surface area contributed by atoms with Crippen LogP contribution in [0.2, 0.25) is 0 Å². The predicted octanol–water partition coefficient (Wildman–Crippen LogP) is 8.09. The predicted molar refractivity (Wildman–Crippen MR) is 134 cm³/mol. The Bertz CT molecular complexity index is 1240. The van der Waals surface area contributed by atoms with Gasteiger partial charge in [-0.15, -0.1) is 0 Å². The maximum Gasteiger partial charge on any atom is 0.169 e. The quantitative estimate of drug-likeness (QED) is 0.267. The first-order chi connectivity index (χ1) is 15.9. The van der Waals surface area contributed by atoms with Crippen LogP contribution in [0.4, 0.5) is 4.39 Å². The van der Waals surface area contributed by atoms with Gasteiger partial charge in [-0.05, 0) is 60.7 Å². The van der Waals surface area contributed by atoms with E-state index in [9.17, 15) is 9.18 Å². The van der Waals surface area contributed by atoms with Gasteiger partial charge in [-0.2, -0.15) is 0 Å². The van der Waals surface area contributed by atoms with E-state index in [-0.39, 0.29) is 23.6 Å². The molecule has 0 aliphatic carbocycles. The van der Waals surface area contributed by atoms with E-state index < -0.39 is 0 Å². The number of benzene rings is 3. The zero-order chi connectivity index (χ0) is 23.5. The third-order valence-corrected chi connectivity index (χ3v) is 5.97. The minimum atomic E-state index is -0.271. The molecular formula is C30H30FNO. The van der Waals surface area contributed by atoms with Crippen LogP contribution in [-0.2, 0) is 6.42 Å². The third-order valence-electron chi connectivity index (χ3n) is 5.97. The van der Waals surface area contributed by atoms with E-state index in [1.165, 1.54) is 12.1 Å². The normalized spacial score (nSPS) is 11.4. The summed E-state index contributed by atoms with van der Waals surface area (Å²) < 4.78 is 16.1. The minimum Gasteiger partial charge on any atom is -0.341 e. The molecule has 0 aliphatic rings. The Labute approximate surface area is 195 Å². The number of carbonyl (C=O) groups is 1. The molecule has 0 unspecified atom stereocenters. The molecule has 0 saturated heterocycles. The van der Waals surface area contributed by atoms with Gasteiger partial charge in [0.1, 0.15) is 5.82 Å². The molecule has 0 spiro atoms. The molecule has 0 radical (unpaired) electrons. The Hall–Kier alpha value is -3.46.